The number of aromatic amines is 1. The number of nitrogens with zero attached hydrogens (tertiary/aromatic N) is 4. The Labute approximate surface area is 178 Å². The maximum absolute atomic E-state index is 13.1. The summed E-state index contributed by atoms with van der Waals surface area (Å²) >= 11 is 6.37. The predicted molar refractivity (Wildman–Crippen MR) is 111 cm³/mol. The summed E-state index contributed by atoms with van der Waals surface area (Å²) in [6.07, 6.45) is 2.96. The molecule has 4 heterocycles. The molecule has 0 radical (unpaired) electrons. The van der Waals surface area contributed by atoms with Gasteiger partial charge in [0.15, 0.2) is 11.0 Å². The van der Waals surface area contributed by atoms with E-state index >= 15 is 0 Å². The van der Waals surface area contributed by atoms with Gasteiger partial charge in [0.2, 0.25) is 10.0 Å². The number of sulfonamides is 1. The Balaban J connectivity index is 1.54. The van der Waals surface area contributed by atoms with Crippen LogP contribution < -0.4 is 5.73 Å². The molecule has 30 heavy (non-hydrogen) atoms. The summed E-state index contributed by atoms with van der Waals surface area (Å²) in [5.74, 6) is 0.263. The standard InChI is InChI=1S/C19H20ClFN6O2S/c1-11-10-27(30(28,29)13-3-5-16(22)24-9-13)7-6-14(11)17-18(20)26-19(25-17)15-4-2-12(21)8-23-15/h2-5,8-9,11,14H,6-7,10H2,1H3,(H2,22,24)(H,25,26)/t11-,14+/m0/s1. The molecule has 0 saturated carbocycles. The van der Waals surface area contributed by atoms with Crippen LogP contribution in [0.5, 0.6) is 0 Å². The summed E-state index contributed by atoms with van der Waals surface area (Å²) in [6.45, 7) is 2.64. The smallest absolute Gasteiger partial charge is 0.244 e. The van der Waals surface area contributed by atoms with Crippen LogP contribution in [0.25, 0.3) is 11.5 Å². The van der Waals surface area contributed by atoms with Crippen molar-refractivity contribution in [1.29, 1.82) is 0 Å². The summed E-state index contributed by atoms with van der Waals surface area (Å²) in [5, 5.41) is 0.312. The maximum atomic E-state index is 13.1. The Bertz CT molecular complexity index is 1150. The lowest BCUT2D eigenvalue weighted by atomic mass is 9.86. The molecule has 3 N–H and O–H groups in total. The average molecular weight is 451 g/mol. The summed E-state index contributed by atoms with van der Waals surface area (Å²) in [6, 6.07) is 5.75. The second-order valence-electron chi connectivity index (χ2n) is 7.31. The SMILES string of the molecule is C[C@H]1CN(S(=O)(=O)c2ccc(N)nc2)CC[C@H]1c1[nH]c(-c2ccc(F)cn2)nc1Cl. The molecule has 11 heteroatoms. The fourth-order valence-electron chi connectivity index (χ4n) is 3.70. The third-order valence-corrected chi connectivity index (χ3v) is 7.43. The van der Waals surface area contributed by atoms with Crippen LogP contribution in [0, 0.1) is 11.7 Å². The number of hydrogen-bond acceptors (Lipinski definition) is 6. The molecule has 0 aliphatic carbocycles. The number of piperidine rings is 1. The highest BCUT2D eigenvalue weighted by molar-refractivity contribution is 7.89. The molecule has 1 saturated heterocycles. The monoisotopic (exact) mass is 450 g/mol. The molecule has 158 valence electrons. The number of pyridine rings is 2. The van der Waals surface area contributed by atoms with Gasteiger partial charge in [-0.05, 0) is 36.6 Å². The molecule has 8 nitrogen and oxygen atoms in total. The Morgan fingerprint density at radius 3 is 2.67 bits per heavy atom. The van der Waals surface area contributed by atoms with Crippen molar-refractivity contribution in [2.45, 2.75) is 24.2 Å². The normalized spacial score (nSPS) is 20.4. The molecule has 1 fully saturated rings. The lowest BCUT2D eigenvalue weighted by Gasteiger charge is -2.35. The van der Waals surface area contributed by atoms with Gasteiger partial charge in [-0.25, -0.2) is 27.8 Å². The Hall–Kier alpha value is -2.56. The van der Waals surface area contributed by atoms with Crippen molar-refractivity contribution in [3.8, 4) is 11.5 Å². The van der Waals surface area contributed by atoms with Crippen LogP contribution in [0.4, 0.5) is 10.2 Å². The van der Waals surface area contributed by atoms with Crippen molar-refractivity contribution in [2.24, 2.45) is 5.92 Å². The first-order valence-electron chi connectivity index (χ1n) is 9.34. The number of rotatable bonds is 4. The number of hydrogen-bond donors (Lipinski definition) is 2. The number of nitrogens with one attached hydrogen (secondary N) is 1. The molecule has 1 aliphatic heterocycles. The van der Waals surface area contributed by atoms with Crippen LogP contribution in [-0.2, 0) is 10.0 Å². The van der Waals surface area contributed by atoms with Crippen LogP contribution in [0.15, 0.2) is 41.6 Å². The number of halogens is 2. The molecule has 0 aromatic carbocycles. The largest absolute Gasteiger partial charge is 0.384 e. The van der Waals surface area contributed by atoms with Gasteiger partial charge < -0.3 is 10.7 Å². The van der Waals surface area contributed by atoms with Gasteiger partial charge in [0.25, 0.3) is 0 Å². The van der Waals surface area contributed by atoms with E-state index in [9.17, 15) is 12.8 Å². The highest BCUT2D eigenvalue weighted by atomic mass is 35.5. The van der Waals surface area contributed by atoms with Crippen LogP contribution in [0.1, 0.15) is 25.0 Å². The predicted octanol–water partition coefficient (Wildman–Crippen LogP) is 3.06. The number of H-pyrrole nitrogens is 1. The van der Waals surface area contributed by atoms with Crippen molar-refractivity contribution in [2.75, 3.05) is 18.8 Å². The molecule has 0 bridgehead atoms. The Kier molecular flexibility index (Phi) is 5.48. The summed E-state index contributed by atoms with van der Waals surface area (Å²) in [7, 11) is -3.66. The van der Waals surface area contributed by atoms with Gasteiger partial charge in [-0.3, -0.25) is 0 Å². The van der Waals surface area contributed by atoms with Crippen molar-refractivity contribution in [3.05, 3.63) is 53.3 Å². The minimum absolute atomic E-state index is 0.00445. The molecule has 0 spiro atoms. The zero-order valence-corrected chi connectivity index (χ0v) is 17.7. The molecule has 0 amide bonds. The Morgan fingerprint density at radius 2 is 2.03 bits per heavy atom. The zero-order chi connectivity index (χ0) is 21.5. The molecule has 3 aromatic heterocycles. The fraction of sp³-hybridized carbons (Fsp3) is 0.316. The van der Waals surface area contributed by atoms with Crippen molar-refractivity contribution >= 4 is 27.4 Å². The molecule has 1 aliphatic rings. The van der Waals surface area contributed by atoms with Crippen molar-refractivity contribution in [1.82, 2.24) is 24.2 Å². The third-order valence-electron chi connectivity index (χ3n) is 5.29. The second-order valence-corrected chi connectivity index (χ2v) is 9.60. The number of aromatic nitrogens is 4. The van der Waals surface area contributed by atoms with E-state index in [2.05, 4.69) is 19.9 Å². The number of nitrogens with two attached hydrogens (primary N) is 1. The van der Waals surface area contributed by atoms with E-state index in [0.717, 1.165) is 11.9 Å². The molecule has 4 rings (SSSR count). The third kappa shape index (κ3) is 3.90. The van der Waals surface area contributed by atoms with Gasteiger partial charge in [0.1, 0.15) is 22.2 Å². The maximum Gasteiger partial charge on any atom is 0.244 e. The zero-order valence-electron chi connectivity index (χ0n) is 16.1. The van der Waals surface area contributed by atoms with E-state index in [0.29, 0.717) is 36.2 Å². The van der Waals surface area contributed by atoms with Crippen LogP contribution in [0.2, 0.25) is 5.15 Å². The fourth-order valence-corrected chi connectivity index (χ4v) is 5.47. The minimum atomic E-state index is -3.66. The van der Waals surface area contributed by atoms with Crippen LogP contribution in [0.3, 0.4) is 0 Å². The van der Waals surface area contributed by atoms with E-state index in [-0.39, 0.29) is 22.5 Å². The van der Waals surface area contributed by atoms with Crippen molar-refractivity contribution < 1.29 is 12.8 Å². The first-order valence-corrected chi connectivity index (χ1v) is 11.2. The van der Waals surface area contributed by atoms with E-state index in [1.54, 1.807) is 0 Å². The summed E-state index contributed by atoms with van der Waals surface area (Å²) in [4.78, 5) is 15.5. The quantitative estimate of drug-likeness (QED) is 0.630. The van der Waals surface area contributed by atoms with Gasteiger partial charge in [-0.1, -0.05) is 18.5 Å². The number of nitrogen functional groups attached to an aromatic ring is 1. The molecular formula is C19H20ClFN6O2S. The van der Waals surface area contributed by atoms with E-state index in [1.807, 2.05) is 6.92 Å². The van der Waals surface area contributed by atoms with Gasteiger partial charge in [0, 0.05) is 25.2 Å². The van der Waals surface area contributed by atoms with E-state index in [4.69, 9.17) is 17.3 Å². The Morgan fingerprint density at radius 1 is 1.23 bits per heavy atom. The minimum Gasteiger partial charge on any atom is -0.384 e. The van der Waals surface area contributed by atoms with Crippen LogP contribution >= 0.6 is 11.6 Å². The lowest BCUT2D eigenvalue weighted by Crippen LogP contribution is -2.42. The summed E-state index contributed by atoms with van der Waals surface area (Å²) in [5.41, 5.74) is 6.77. The van der Waals surface area contributed by atoms with Gasteiger partial charge >= 0.3 is 0 Å². The summed E-state index contributed by atoms with van der Waals surface area (Å²) < 4.78 is 40.4. The van der Waals surface area contributed by atoms with Crippen molar-refractivity contribution in [3.63, 3.8) is 0 Å². The number of anilines is 1. The topological polar surface area (TPSA) is 118 Å². The second kappa shape index (κ2) is 7.93. The molecule has 0 unspecified atom stereocenters. The van der Waals surface area contributed by atoms with Gasteiger partial charge in [0.05, 0.1) is 11.9 Å². The number of imidazole rings is 1. The molecule has 3 aromatic rings. The highest BCUT2D eigenvalue weighted by Gasteiger charge is 2.36. The molecule has 2 atom stereocenters. The van der Waals surface area contributed by atoms with Gasteiger partial charge in [-0.15, -0.1) is 0 Å². The van der Waals surface area contributed by atoms with Crippen LogP contribution in [-0.4, -0.2) is 45.7 Å². The highest BCUT2D eigenvalue weighted by Crippen LogP contribution is 2.37. The average Bonchev–Trinajstić information content (AvgIpc) is 3.10. The van der Waals surface area contributed by atoms with Gasteiger partial charge in [-0.2, -0.15) is 4.31 Å². The van der Waals surface area contributed by atoms with E-state index in [1.165, 1.54) is 34.8 Å². The first kappa shape index (κ1) is 20.7. The molecular weight excluding hydrogens is 431 g/mol. The van der Waals surface area contributed by atoms with E-state index < -0.39 is 15.8 Å². The first-order chi connectivity index (χ1) is 14.3. The lowest BCUT2D eigenvalue weighted by molar-refractivity contribution is 0.246.